The largest absolute Gasteiger partial charge is 0.350 e. The topological polar surface area (TPSA) is 64.6 Å². The number of nitrogens with zero attached hydrogens (tertiary/aromatic N) is 3. The zero-order valence-corrected chi connectivity index (χ0v) is 17.1. The van der Waals surface area contributed by atoms with Crippen molar-refractivity contribution in [3.63, 3.8) is 0 Å². The van der Waals surface area contributed by atoms with Crippen LogP contribution in [0.2, 0.25) is 0 Å². The SMILES string of the molecule is CN(OC1CCCCO1)C(=O)c1cc(-c2ccc(Br)cc2)nc2ccncc12. The predicted molar refractivity (Wildman–Crippen MR) is 109 cm³/mol. The van der Waals surface area contributed by atoms with E-state index >= 15 is 0 Å². The van der Waals surface area contributed by atoms with Crippen molar-refractivity contribution in [1.29, 1.82) is 0 Å². The standard InChI is InChI=1S/C21H20BrN3O3/c1-25(28-20-4-2-3-11-27-20)21(26)16-12-19(14-5-7-15(22)8-6-14)24-18-9-10-23-13-17(16)18/h5-10,12-13,20H,2-4,11H2,1H3. The second kappa shape index (κ2) is 8.34. The van der Waals surface area contributed by atoms with Gasteiger partial charge in [-0.15, -0.1) is 0 Å². The van der Waals surface area contributed by atoms with Gasteiger partial charge in [0.05, 0.1) is 16.8 Å². The van der Waals surface area contributed by atoms with Crippen molar-refractivity contribution in [3.8, 4) is 11.3 Å². The monoisotopic (exact) mass is 441 g/mol. The molecule has 0 N–H and O–H groups in total. The third kappa shape index (κ3) is 4.06. The van der Waals surface area contributed by atoms with Gasteiger partial charge in [0, 0.05) is 47.9 Å². The minimum atomic E-state index is -0.389. The first-order valence-corrected chi connectivity index (χ1v) is 9.98. The van der Waals surface area contributed by atoms with Gasteiger partial charge in [-0.3, -0.25) is 9.78 Å². The number of fused-ring (bicyclic) bond motifs is 1. The summed E-state index contributed by atoms with van der Waals surface area (Å²) < 4.78 is 6.57. The quantitative estimate of drug-likeness (QED) is 0.553. The molecule has 2 aromatic heterocycles. The van der Waals surface area contributed by atoms with E-state index in [1.165, 1.54) is 5.06 Å². The number of carbonyl (C=O) groups is 1. The van der Waals surface area contributed by atoms with Crippen LogP contribution in [0.3, 0.4) is 0 Å². The third-order valence-electron chi connectivity index (χ3n) is 4.68. The smallest absolute Gasteiger partial charge is 0.278 e. The van der Waals surface area contributed by atoms with E-state index in [1.54, 1.807) is 31.6 Å². The van der Waals surface area contributed by atoms with Gasteiger partial charge in [-0.05, 0) is 37.1 Å². The summed E-state index contributed by atoms with van der Waals surface area (Å²) in [4.78, 5) is 27.7. The number of rotatable bonds is 4. The fourth-order valence-electron chi connectivity index (χ4n) is 3.20. The summed E-state index contributed by atoms with van der Waals surface area (Å²) in [6, 6.07) is 11.4. The molecule has 144 valence electrons. The van der Waals surface area contributed by atoms with Crippen molar-refractivity contribution in [1.82, 2.24) is 15.0 Å². The second-order valence-electron chi connectivity index (χ2n) is 6.66. The highest BCUT2D eigenvalue weighted by Crippen LogP contribution is 2.27. The zero-order chi connectivity index (χ0) is 19.5. The molecule has 0 spiro atoms. The summed E-state index contributed by atoms with van der Waals surface area (Å²) in [5.41, 5.74) is 2.85. The van der Waals surface area contributed by atoms with Crippen LogP contribution >= 0.6 is 15.9 Å². The Labute approximate surface area is 171 Å². The lowest BCUT2D eigenvalue weighted by molar-refractivity contribution is -0.258. The van der Waals surface area contributed by atoms with E-state index in [9.17, 15) is 4.79 Å². The first kappa shape index (κ1) is 19.0. The number of hydrogen-bond acceptors (Lipinski definition) is 5. The van der Waals surface area contributed by atoms with E-state index in [-0.39, 0.29) is 12.2 Å². The molecule has 7 heteroatoms. The number of halogens is 1. The molecule has 1 atom stereocenters. The normalized spacial score (nSPS) is 16.9. The summed E-state index contributed by atoms with van der Waals surface area (Å²) in [5.74, 6) is -0.257. The van der Waals surface area contributed by atoms with Gasteiger partial charge in [0.1, 0.15) is 0 Å². The Morgan fingerprint density at radius 1 is 1.25 bits per heavy atom. The molecule has 1 aromatic carbocycles. The Morgan fingerprint density at radius 2 is 2.07 bits per heavy atom. The van der Waals surface area contributed by atoms with E-state index in [4.69, 9.17) is 14.6 Å². The zero-order valence-electron chi connectivity index (χ0n) is 15.5. The number of ether oxygens (including phenoxy) is 1. The number of benzene rings is 1. The van der Waals surface area contributed by atoms with Crippen molar-refractivity contribution < 1.29 is 14.4 Å². The molecule has 0 bridgehead atoms. The number of carbonyl (C=O) groups excluding carboxylic acids is 1. The van der Waals surface area contributed by atoms with Crippen molar-refractivity contribution >= 4 is 32.7 Å². The lowest BCUT2D eigenvalue weighted by Crippen LogP contribution is -2.35. The van der Waals surface area contributed by atoms with Crippen molar-refractivity contribution in [2.24, 2.45) is 0 Å². The van der Waals surface area contributed by atoms with Gasteiger partial charge in [0.15, 0.2) is 6.29 Å². The first-order valence-electron chi connectivity index (χ1n) is 9.19. The van der Waals surface area contributed by atoms with Gasteiger partial charge in [0.25, 0.3) is 5.91 Å². The van der Waals surface area contributed by atoms with Crippen molar-refractivity contribution in [3.05, 3.63) is 58.8 Å². The molecule has 1 fully saturated rings. The summed E-state index contributed by atoms with van der Waals surface area (Å²) >= 11 is 3.44. The van der Waals surface area contributed by atoms with Gasteiger partial charge >= 0.3 is 0 Å². The Kier molecular flexibility index (Phi) is 5.66. The molecule has 1 unspecified atom stereocenters. The average Bonchev–Trinajstić information content (AvgIpc) is 2.73. The minimum absolute atomic E-state index is 0.257. The predicted octanol–water partition coefficient (Wildman–Crippen LogP) is 4.59. The first-order chi connectivity index (χ1) is 13.6. The molecule has 6 nitrogen and oxygen atoms in total. The maximum atomic E-state index is 13.2. The molecule has 0 radical (unpaired) electrons. The van der Waals surface area contributed by atoms with Crippen LogP contribution in [0.25, 0.3) is 22.2 Å². The Bertz CT molecular complexity index is 988. The summed E-state index contributed by atoms with van der Waals surface area (Å²) in [6.07, 6.45) is 5.77. The second-order valence-corrected chi connectivity index (χ2v) is 7.57. The van der Waals surface area contributed by atoms with Gasteiger partial charge in [-0.2, -0.15) is 0 Å². The van der Waals surface area contributed by atoms with E-state index in [0.29, 0.717) is 23.1 Å². The highest BCUT2D eigenvalue weighted by molar-refractivity contribution is 9.10. The van der Waals surface area contributed by atoms with Crippen LogP contribution in [0.15, 0.2) is 53.3 Å². The third-order valence-corrected chi connectivity index (χ3v) is 5.21. The molecule has 1 amide bonds. The molecule has 0 aliphatic carbocycles. The average molecular weight is 442 g/mol. The highest BCUT2D eigenvalue weighted by atomic mass is 79.9. The highest BCUT2D eigenvalue weighted by Gasteiger charge is 2.23. The van der Waals surface area contributed by atoms with Crippen LogP contribution < -0.4 is 0 Å². The Hall–Kier alpha value is -2.35. The fourth-order valence-corrected chi connectivity index (χ4v) is 3.47. The number of hydroxylamine groups is 2. The number of pyridine rings is 2. The summed E-state index contributed by atoms with van der Waals surface area (Å²) in [5, 5.41) is 1.94. The summed E-state index contributed by atoms with van der Waals surface area (Å²) in [6.45, 7) is 0.655. The molecular formula is C21H20BrN3O3. The maximum absolute atomic E-state index is 13.2. The van der Waals surface area contributed by atoms with Crippen LogP contribution in [0.5, 0.6) is 0 Å². The van der Waals surface area contributed by atoms with E-state index in [1.807, 2.05) is 24.3 Å². The molecule has 1 aliphatic heterocycles. The van der Waals surface area contributed by atoms with E-state index < -0.39 is 0 Å². The van der Waals surface area contributed by atoms with Gasteiger partial charge in [-0.25, -0.2) is 14.9 Å². The van der Waals surface area contributed by atoms with Crippen LogP contribution in [-0.2, 0) is 9.57 Å². The molecular weight excluding hydrogens is 422 g/mol. The van der Waals surface area contributed by atoms with E-state index in [2.05, 4.69) is 20.9 Å². The van der Waals surface area contributed by atoms with Gasteiger partial charge < -0.3 is 4.74 Å². The molecule has 4 rings (SSSR count). The molecule has 1 saturated heterocycles. The maximum Gasteiger partial charge on any atom is 0.278 e. The van der Waals surface area contributed by atoms with Gasteiger partial charge in [-0.1, -0.05) is 28.1 Å². The lowest BCUT2D eigenvalue weighted by atomic mass is 10.0. The van der Waals surface area contributed by atoms with Crippen LogP contribution in [0.1, 0.15) is 29.6 Å². The summed E-state index contributed by atoms with van der Waals surface area (Å²) in [7, 11) is 1.61. The van der Waals surface area contributed by atoms with Gasteiger partial charge in [0.2, 0.25) is 0 Å². The van der Waals surface area contributed by atoms with Crippen LogP contribution in [0, 0.1) is 0 Å². The lowest BCUT2D eigenvalue weighted by Gasteiger charge is -2.27. The molecule has 28 heavy (non-hydrogen) atoms. The minimum Gasteiger partial charge on any atom is -0.350 e. The van der Waals surface area contributed by atoms with Crippen LogP contribution in [-0.4, -0.2) is 40.9 Å². The number of aromatic nitrogens is 2. The number of amides is 1. The number of hydrogen-bond donors (Lipinski definition) is 0. The fraction of sp³-hybridized carbons (Fsp3) is 0.286. The Balaban J connectivity index is 1.70. The van der Waals surface area contributed by atoms with Crippen LogP contribution in [0.4, 0.5) is 0 Å². The molecule has 3 aromatic rings. The molecule has 1 aliphatic rings. The van der Waals surface area contributed by atoms with E-state index in [0.717, 1.165) is 35.0 Å². The van der Waals surface area contributed by atoms with Crippen molar-refractivity contribution in [2.45, 2.75) is 25.6 Å². The van der Waals surface area contributed by atoms with Crippen molar-refractivity contribution in [2.75, 3.05) is 13.7 Å². The Morgan fingerprint density at radius 3 is 2.82 bits per heavy atom. The molecule has 0 saturated carbocycles. The molecule has 3 heterocycles.